The van der Waals surface area contributed by atoms with Gasteiger partial charge in [0.05, 0.1) is 11.1 Å². The van der Waals surface area contributed by atoms with Crippen molar-refractivity contribution in [3.63, 3.8) is 0 Å². The molecule has 2 amide bonds. The Labute approximate surface area is 176 Å². The second kappa shape index (κ2) is 8.17. The van der Waals surface area contributed by atoms with Crippen molar-refractivity contribution in [2.24, 2.45) is 0 Å². The lowest BCUT2D eigenvalue weighted by Gasteiger charge is -2.44. The Morgan fingerprint density at radius 2 is 1.70 bits per heavy atom. The molecule has 5 nitrogen and oxygen atoms in total. The molecule has 1 aliphatic carbocycles. The van der Waals surface area contributed by atoms with Crippen molar-refractivity contribution in [3.8, 4) is 0 Å². The molecule has 2 heterocycles. The summed E-state index contributed by atoms with van der Waals surface area (Å²) in [6.07, 6.45) is 6.52. The van der Waals surface area contributed by atoms with Crippen LogP contribution in [0.1, 0.15) is 49.8 Å². The van der Waals surface area contributed by atoms with Gasteiger partial charge in [0.2, 0.25) is 11.8 Å². The summed E-state index contributed by atoms with van der Waals surface area (Å²) in [6, 6.07) is 11.9. The van der Waals surface area contributed by atoms with Gasteiger partial charge in [-0.15, -0.1) is 0 Å². The first kappa shape index (κ1) is 20.5. The molecule has 0 radical (unpaired) electrons. The Morgan fingerprint density at radius 1 is 1.00 bits per heavy atom. The number of benzene rings is 1. The molecule has 1 saturated heterocycles. The van der Waals surface area contributed by atoms with Crippen LogP contribution < -0.4 is 5.32 Å². The fourth-order valence-electron chi connectivity index (χ4n) is 5.30. The van der Waals surface area contributed by atoms with E-state index in [1.54, 1.807) is 25.4 Å². The predicted molar refractivity (Wildman–Crippen MR) is 112 cm³/mol. The molecule has 2 aromatic rings. The van der Waals surface area contributed by atoms with Gasteiger partial charge in [-0.2, -0.15) is 0 Å². The maximum atomic E-state index is 13.9. The predicted octanol–water partition coefficient (Wildman–Crippen LogP) is 3.34. The molecule has 1 aromatic carbocycles. The summed E-state index contributed by atoms with van der Waals surface area (Å²) in [5.74, 6) is -0.359. The zero-order valence-corrected chi connectivity index (χ0v) is 17.4. The van der Waals surface area contributed by atoms with Crippen LogP contribution in [0.4, 0.5) is 4.39 Å². The van der Waals surface area contributed by atoms with Gasteiger partial charge in [-0.25, -0.2) is 4.39 Å². The van der Waals surface area contributed by atoms with Crippen LogP contribution in [0.2, 0.25) is 0 Å². The number of aromatic nitrogens is 1. The van der Waals surface area contributed by atoms with Crippen LogP contribution >= 0.6 is 0 Å². The smallest absolute Gasteiger partial charge is 0.233 e. The third-order valence-corrected chi connectivity index (χ3v) is 6.86. The fourth-order valence-corrected chi connectivity index (χ4v) is 5.30. The highest BCUT2D eigenvalue weighted by molar-refractivity contribution is 5.92. The summed E-state index contributed by atoms with van der Waals surface area (Å²) < 4.78 is 13.5. The summed E-state index contributed by atoms with van der Waals surface area (Å²) in [6.45, 7) is 0.929. The maximum absolute atomic E-state index is 13.9. The molecule has 6 heteroatoms. The molecule has 1 aromatic heterocycles. The van der Waals surface area contributed by atoms with E-state index in [-0.39, 0.29) is 17.6 Å². The Kier molecular flexibility index (Phi) is 5.58. The van der Waals surface area contributed by atoms with E-state index in [1.165, 1.54) is 12.1 Å². The number of likely N-dealkylation sites (tertiary alicyclic amines) is 1. The largest absolute Gasteiger partial charge is 0.358 e. The van der Waals surface area contributed by atoms with Gasteiger partial charge < -0.3 is 10.2 Å². The Morgan fingerprint density at radius 3 is 2.33 bits per heavy atom. The Hall–Kier alpha value is -2.76. The molecular weight excluding hydrogens is 381 g/mol. The SMILES string of the molecule is CNC(=O)[C@@]1(c2ccccn2)CCCN(C(=O)C2(c3ccc(F)cc3)CCCC2)C1. The molecule has 2 aliphatic rings. The van der Waals surface area contributed by atoms with E-state index in [9.17, 15) is 14.0 Å². The van der Waals surface area contributed by atoms with Gasteiger partial charge in [-0.3, -0.25) is 14.6 Å². The fraction of sp³-hybridized carbons (Fsp3) is 0.458. The second-order valence-corrected chi connectivity index (χ2v) is 8.50. The van der Waals surface area contributed by atoms with Crippen LogP contribution in [0.25, 0.3) is 0 Å². The standard InChI is InChI=1S/C24H28FN3O2/c1-26-21(29)24(20-7-2-5-15-27-20)14-6-16-28(17-24)22(30)23(12-3-4-13-23)18-8-10-19(25)11-9-18/h2,5,7-11,15H,3-4,6,12-14,16-17H2,1H3,(H,26,29)/t24-/m0/s1. The first-order valence-electron chi connectivity index (χ1n) is 10.7. The highest BCUT2D eigenvalue weighted by Gasteiger charge is 2.50. The molecule has 158 valence electrons. The molecule has 2 fully saturated rings. The van der Waals surface area contributed by atoms with Crippen LogP contribution in [0.5, 0.6) is 0 Å². The number of carbonyl (C=O) groups excluding carboxylic acids is 2. The van der Waals surface area contributed by atoms with Crippen molar-refractivity contribution >= 4 is 11.8 Å². The van der Waals surface area contributed by atoms with Crippen molar-refractivity contribution in [2.75, 3.05) is 20.1 Å². The Balaban J connectivity index is 1.70. The normalized spacial score (nSPS) is 23.2. The molecule has 1 aliphatic heterocycles. The summed E-state index contributed by atoms with van der Waals surface area (Å²) in [5, 5.41) is 2.79. The van der Waals surface area contributed by atoms with E-state index in [1.807, 2.05) is 23.1 Å². The lowest BCUT2D eigenvalue weighted by molar-refractivity contribution is -0.142. The van der Waals surface area contributed by atoms with Crippen molar-refractivity contribution in [1.82, 2.24) is 15.2 Å². The highest BCUT2D eigenvalue weighted by atomic mass is 19.1. The number of amides is 2. The van der Waals surface area contributed by atoms with Gasteiger partial charge in [0, 0.05) is 26.3 Å². The number of likely N-dealkylation sites (N-methyl/N-ethyl adjacent to an activating group) is 1. The first-order valence-corrected chi connectivity index (χ1v) is 10.7. The Bertz CT molecular complexity index is 910. The van der Waals surface area contributed by atoms with Crippen molar-refractivity contribution in [2.45, 2.75) is 49.4 Å². The number of halogens is 1. The third-order valence-electron chi connectivity index (χ3n) is 6.86. The van der Waals surface area contributed by atoms with Gasteiger partial charge in [0.1, 0.15) is 11.2 Å². The van der Waals surface area contributed by atoms with E-state index >= 15 is 0 Å². The molecule has 4 rings (SSSR count). The monoisotopic (exact) mass is 409 g/mol. The van der Waals surface area contributed by atoms with E-state index < -0.39 is 10.8 Å². The van der Waals surface area contributed by atoms with E-state index in [2.05, 4.69) is 10.3 Å². The van der Waals surface area contributed by atoms with Gasteiger partial charge in [0.15, 0.2) is 0 Å². The molecule has 0 spiro atoms. The van der Waals surface area contributed by atoms with Crippen LogP contribution in [0.3, 0.4) is 0 Å². The summed E-state index contributed by atoms with van der Waals surface area (Å²) in [5.41, 5.74) is 0.0836. The minimum atomic E-state index is -0.855. The number of hydrogen-bond acceptors (Lipinski definition) is 3. The number of carbonyl (C=O) groups is 2. The van der Waals surface area contributed by atoms with Gasteiger partial charge in [-0.05, 0) is 55.5 Å². The van der Waals surface area contributed by atoms with Gasteiger partial charge >= 0.3 is 0 Å². The lowest BCUT2D eigenvalue weighted by atomic mass is 9.73. The van der Waals surface area contributed by atoms with Gasteiger partial charge in [-0.1, -0.05) is 31.0 Å². The van der Waals surface area contributed by atoms with Crippen molar-refractivity contribution in [3.05, 3.63) is 65.7 Å². The average molecular weight is 410 g/mol. The van der Waals surface area contributed by atoms with E-state index in [4.69, 9.17) is 0 Å². The number of nitrogens with zero attached hydrogens (tertiary/aromatic N) is 2. The zero-order valence-electron chi connectivity index (χ0n) is 17.4. The minimum absolute atomic E-state index is 0.0514. The molecule has 1 atom stereocenters. The number of piperidine rings is 1. The number of pyridine rings is 1. The molecule has 1 saturated carbocycles. The highest BCUT2D eigenvalue weighted by Crippen LogP contribution is 2.44. The first-order chi connectivity index (χ1) is 14.5. The number of hydrogen-bond donors (Lipinski definition) is 1. The summed E-state index contributed by atoms with van der Waals surface area (Å²) in [4.78, 5) is 33.3. The molecular formula is C24H28FN3O2. The topological polar surface area (TPSA) is 62.3 Å². The number of rotatable bonds is 4. The van der Waals surface area contributed by atoms with Gasteiger partial charge in [0.25, 0.3) is 0 Å². The quantitative estimate of drug-likeness (QED) is 0.843. The van der Waals surface area contributed by atoms with Crippen molar-refractivity contribution in [1.29, 1.82) is 0 Å². The average Bonchev–Trinajstić information content (AvgIpc) is 3.30. The second-order valence-electron chi connectivity index (χ2n) is 8.50. The zero-order chi connectivity index (χ0) is 21.2. The van der Waals surface area contributed by atoms with Crippen LogP contribution in [0, 0.1) is 5.82 Å². The summed E-state index contributed by atoms with van der Waals surface area (Å²) in [7, 11) is 1.63. The molecule has 1 N–H and O–H groups in total. The summed E-state index contributed by atoms with van der Waals surface area (Å²) >= 11 is 0. The van der Waals surface area contributed by atoms with Crippen LogP contribution in [-0.2, 0) is 20.4 Å². The molecule has 0 unspecified atom stereocenters. The molecule has 30 heavy (non-hydrogen) atoms. The minimum Gasteiger partial charge on any atom is -0.358 e. The van der Waals surface area contributed by atoms with E-state index in [0.717, 1.165) is 37.7 Å². The van der Waals surface area contributed by atoms with Crippen molar-refractivity contribution < 1.29 is 14.0 Å². The van der Waals surface area contributed by atoms with E-state index in [0.29, 0.717) is 25.2 Å². The lowest BCUT2D eigenvalue weighted by Crippen LogP contribution is -2.58. The van der Waals surface area contributed by atoms with Crippen LogP contribution in [0.15, 0.2) is 48.7 Å². The number of nitrogens with one attached hydrogen (secondary N) is 1. The maximum Gasteiger partial charge on any atom is 0.233 e. The molecule has 0 bridgehead atoms. The third kappa shape index (κ3) is 3.38. The van der Waals surface area contributed by atoms with Crippen LogP contribution in [-0.4, -0.2) is 41.8 Å².